The molecule has 7 heteroatoms. The highest BCUT2D eigenvalue weighted by atomic mass is 32.2. The van der Waals surface area contributed by atoms with Crippen LogP contribution in [0.5, 0.6) is 0 Å². The minimum Gasteiger partial charge on any atom is -0.446 e. The molecule has 0 unspecified atom stereocenters. The van der Waals surface area contributed by atoms with Crippen molar-refractivity contribution in [3.05, 3.63) is 30.3 Å². The summed E-state index contributed by atoms with van der Waals surface area (Å²) in [7, 11) is -3.73. The number of carbonyl (C=O) groups excluding carboxylic acids is 1. The van der Waals surface area contributed by atoms with Crippen molar-refractivity contribution in [1.29, 1.82) is 5.26 Å². The SMILES string of the molecule is C[C@H](C#N)OC(=O)CNS(=O)(=O)c1ccccc1. The average Bonchev–Trinajstić information content (AvgIpc) is 2.37. The summed E-state index contributed by atoms with van der Waals surface area (Å²) in [6.45, 7) is 0.882. The Hall–Kier alpha value is -1.91. The molecule has 0 aliphatic rings. The quantitative estimate of drug-likeness (QED) is 0.781. The third-order valence-electron chi connectivity index (χ3n) is 1.95. The van der Waals surface area contributed by atoms with Gasteiger partial charge in [0.25, 0.3) is 0 Å². The van der Waals surface area contributed by atoms with E-state index < -0.39 is 28.6 Å². The summed E-state index contributed by atoms with van der Waals surface area (Å²) in [4.78, 5) is 11.3. The predicted molar refractivity (Wildman–Crippen MR) is 62.8 cm³/mol. The van der Waals surface area contributed by atoms with E-state index in [0.29, 0.717) is 0 Å². The van der Waals surface area contributed by atoms with Crippen LogP contribution in [-0.2, 0) is 19.6 Å². The molecular formula is C11H12N2O4S. The Kier molecular flexibility index (Phi) is 4.83. The van der Waals surface area contributed by atoms with Gasteiger partial charge >= 0.3 is 5.97 Å². The molecule has 0 spiro atoms. The van der Waals surface area contributed by atoms with Gasteiger partial charge in [0.15, 0.2) is 6.10 Å². The van der Waals surface area contributed by atoms with Gasteiger partial charge in [-0.15, -0.1) is 0 Å². The number of rotatable bonds is 5. The summed E-state index contributed by atoms with van der Waals surface area (Å²) in [5.41, 5.74) is 0. The lowest BCUT2D eigenvalue weighted by atomic mass is 10.4. The summed E-state index contributed by atoms with van der Waals surface area (Å²) in [5.74, 6) is -0.802. The van der Waals surface area contributed by atoms with Gasteiger partial charge in [0.2, 0.25) is 10.0 Å². The first-order valence-electron chi connectivity index (χ1n) is 5.09. The van der Waals surface area contributed by atoms with Gasteiger partial charge in [-0.2, -0.15) is 9.98 Å². The molecule has 0 saturated heterocycles. The molecule has 18 heavy (non-hydrogen) atoms. The molecule has 0 fully saturated rings. The first-order chi connectivity index (χ1) is 8.45. The Morgan fingerprint density at radius 3 is 2.61 bits per heavy atom. The van der Waals surface area contributed by atoms with Crippen LogP contribution in [0.4, 0.5) is 0 Å². The van der Waals surface area contributed by atoms with Gasteiger partial charge in [0.1, 0.15) is 12.6 Å². The van der Waals surface area contributed by atoms with E-state index in [1.807, 2.05) is 0 Å². The highest BCUT2D eigenvalue weighted by molar-refractivity contribution is 7.89. The first kappa shape index (κ1) is 14.2. The van der Waals surface area contributed by atoms with Crippen LogP contribution in [-0.4, -0.2) is 27.0 Å². The zero-order valence-electron chi connectivity index (χ0n) is 9.66. The zero-order chi connectivity index (χ0) is 13.6. The fraction of sp³-hybridized carbons (Fsp3) is 0.273. The van der Waals surface area contributed by atoms with Crippen molar-refractivity contribution < 1.29 is 17.9 Å². The van der Waals surface area contributed by atoms with E-state index in [4.69, 9.17) is 5.26 Å². The second kappa shape index (κ2) is 6.14. The van der Waals surface area contributed by atoms with Gasteiger partial charge in [-0.05, 0) is 19.1 Å². The monoisotopic (exact) mass is 268 g/mol. The fourth-order valence-corrected chi connectivity index (χ4v) is 2.09. The highest BCUT2D eigenvalue weighted by Crippen LogP contribution is 2.06. The molecule has 1 atom stereocenters. The van der Waals surface area contributed by atoms with Gasteiger partial charge in [0, 0.05) is 0 Å². The molecule has 1 aromatic rings. The van der Waals surface area contributed by atoms with Crippen LogP contribution in [0.25, 0.3) is 0 Å². The summed E-state index contributed by atoms with van der Waals surface area (Å²) >= 11 is 0. The Morgan fingerprint density at radius 1 is 1.44 bits per heavy atom. The molecular weight excluding hydrogens is 256 g/mol. The standard InChI is InChI=1S/C11H12N2O4S/c1-9(7-12)17-11(14)8-13-18(15,16)10-5-3-2-4-6-10/h2-6,9,13H,8H2,1H3/t9-/m1/s1. The van der Waals surface area contributed by atoms with E-state index in [-0.39, 0.29) is 4.90 Å². The van der Waals surface area contributed by atoms with Gasteiger partial charge in [-0.3, -0.25) is 4.79 Å². The predicted octanol–water partition coefficient (Wildman–Crippen LogP) is 0.420. The minimum atomic E-state index is -3.73. The Bertz CT molecular complexity index is 548. The molecule has 0 amide bonds. The number of ether oxygens (including phenoxy) is 1. The molecule has 96 valence electrons. The molecule has 1 rings (SSSR count). The summed E-state index contributed by atoms with van der Waals surface area (Å²) < 4.78 is 30.1. The van der Waals surface area contributed by atoms with Crippen molar-refractivity contribution in [3.8, 4) is 6.07 Å². The Morgan fingerprint density at radius 2 is 2.06 bits per heavy atom. The topological polar surface area (TPSA) is 96.3 Å². The van der Waals surface area contributed by atoms with Crippen molar-refractivity contribution >= 4 is 16.0 Å². The molecule has 0 radical (unpaired) electrons. The van der Waals surface area contributed by atoms with Crippen LogP contribution in [0.15, 0.2) is 35.2 Å². The maximum Gasteiger partial charge on any atom is 0.322 e. The van der Waals surface area contributed by atoms with Crippen LogP contribution in [0, 0.1) is 11.3 Å². The highest BCUT2D eigenvalue weighted by Gasteiger charge is 2.16. The number of hydrogen-bond donors (Lipinski definition) is 1. The third kappa shape index (κ3) is 4.16. The number of nitrogens with one attached hydrogen (secondary N) is 1. The largest absolute Gasteiger partial charge is 0.446 e. The van der Waals surface area contributed by atoms with Crippen molar-refractivity contribution in [2.75, 3.05) is 6.54 Å². The average molecular weight is 268 g/mol. The van der Waals surface area contributed by atoms with E-state index in [2.05, 4.69) is 9.46 Å². The molecule has 0 aliphatic carbocycles. The van der Waals surface area contributed by atoms with Gasteiger partial charge < -0.3 is 4.74 Å². The van der Waals surface area contributed by atoms with Crippen molar-refractivity contribution in [1.82, 2.24) is 4.72 Å². The smallest absolute Gasteiger partial charge is 0.322 e. The molecule has 0 aliphatic heterocycles. The number of esters is 1. The van der Waals surface area contributed by atoms with Crippen molar-refractivity contribution in [3.63, 3.8) is 0 Å². The zero-order valence-corrected chi connectivity index (χ0v) is 10.5. The van der Waals surface area contributed by atoms with Gasteiger partial charge in [-0.1, -0.05) is 18.2 Å². The van der Waals surface area contributed by atoms with Crippen LogP contribution < -0.4 is 4.72 Å². The Balaban J connectivity index is 2.59. The van der Waals surface area contributed by atoms with Crippen LogP contribution in [0.2, 0.25) is 0 Å². The Labute approximate surface area is 105 Å². The summed E-state index contributed by atoms with van der Waals surface area (Å²) in [6.07, 6.45) is -0.904. The normalized spacial score (nSPS) is 12.4. The summed E-state index contributed by atoms with van der Waals surface area (Å²) in [5, 5.41) is 8.42. The molecule has 1 N–H and O–H groups in total. The number of carbonyl (C=O) groups is 1. The minimum absolute atomic E-state index is 0.0612. The number of benzene rings is 1. The van der Waals surface area contributed by atoms with Crippen LogP contribution in [0.3, 0.4) is 0 Å². The van der Waals surface area contributed by atoms with Crippen LogP contribution >= 0.6 is 0 Å². The fourth-order valence-electron chi connectivity index (χ4n) is 1.10. The van der Waals surface area contributed by atoms with E-state index in [9.17, 15) is 13.2 Å². The number of nitrogens with zero attached hydrogens (tertiary/aromatic N) is 1. The third-order valence-corrected chi connectivity index (χ3v) is 3.37. The van der Waals surface area contributed by atoms with E-state index in [0.717, 1.165) is 0 Å². The maximum absolute atomic E-state index is 11.7. The van der Waals surface area contributed by atoms with Crippen molar-refractivity contribution in [2.45, 2.75) is 17.9 Å². The number of nitriles is 1. The molecule has 0 heterocycles. The van der Waals surface area contributed by atoms with E-state index in [1.54, 1.807) is 24.3 Å². The lowest BCUT2D eigenvalue weighted by molar-refractivity contribution is -0.144. The molecule has 1 aromatic carbocycles. The first-order valence-corrected chi connectivity index (χ1v) is 6.58. The van der Waals surface area contributed by atoms with Gasteiger partial charge in [-0.25, -0.2) is 8.42 Å². The maximum atomic E-state index is 11.7. The van der Waals surface area contributed by atoms with Crippen LogP contribution in [0.1, 0.15) is 6.92 Å². The van der Waals surface area contributed by atoms with E-state index >= 15 is 0 Å². The van der Waals surface area contributed by atoms with Gasteiger partial charge in [0.05, 0.1) is 4.90 Å². The number of sulfonamides is 1. The van der Waals surface area contributed by atoms with Crippen molar-refractivity contribution in [2.24, 2.45) is 0 Å². The van der Waals surface area contributed by atoms with E-state index in [1.165, 1.54) is 19.1 Å². The lowest BCUT2D eigenvalue weighted by Gasteiger charge is -2.08. The molecule has 6 nitrogen and oxygen atoms in total. The second-order valence-corrected chi connectivity index (χ2v) is 5.17. The summed E-state index contributed by atoms with van der Waals surface area (Å²) in [6, 6.07) is 9.35. The second-order valence-electron chi connectivity index (χ2n) is 3.40. The molecule has 0 bridgehead atoms. The molecule has 0 saturated carbocycles. The lowest BCUT2D eigenvalue weighted by Crippen LogP contribution is -2.31. The molecule has 0 aromatic heterocycles. The number of hydrogen-bond acceptors (Lipinski definition) is 5.